The minimum atomic E-state index is -3.78. The van der Waals surface area contributed by atoms with E-state index in [2.05, 4.69) is 29.4 Å². The molecule has 0 unspecified atom stereocenters. The molecule has 0 saturated carbocycles. The zero-order valence-electron chi connectivity index (χ0n) is 18.1. The van der Waals surface area contributed by atoms with Gasteiger partial charge >= 0.3 is 0 Å². The van der Waals surface area contributed by atoms with Crippen molar-refractivity contribution >= 4 is 55.5 Å². The number of benzene rings is 1. The van der Waals surface area contributed by atoms with Gasteiger partial charge in [0.25, 0.3) is 5.69 Å². The summed E-state index contributed by atoms with van der Waals surface area (Å²) >= 11 is 2.84. The van der Waals surface area contributed by atoms with Crippen molar-refractivity contribution < 1.29 is 22.9 Å². The number of carbonyl (C=O) groups excluding carboxylic acids is 1. The molecule has 0 aliphatic rings. The first-order valence-electron chi connectivity index (χ1n) is 9.57. The number of rotatable bonds is 12. The summed E-state index contributed by atoms with van der Waals surface area (Å²) in [5.41, 5.74) is -0.227. The lowest BCUT2D eigenvalue weighted by Gasteiger charge is -2.24. The Balaban J connectivity index is 2.03. The molecule has 1 N–H and O–H groups in total. The van der Waals surface area contributed by atoms with E-state index in [1.54, 1.807) is 11.8 Å². The van der Waals surface area contributed by atoms with Gasteiger partial charge in [0.05, 0.1) is 18.3 Å². The van der Waals surface area contributed by atoms with Crippen LogP contribution in [0.3, 0.4) is 0 Å². The molecule has 14 heteroatoms. The Morgan fingerprint density at radius 2 is 2.09 bits per heavy atom. The molecule has 0 spiro atoms. The number of sulfonamides is 1. The Hall–Kier alpha value is -2.45. The highest BCUT2D eigenvalue weighted by Gasteiger charge is 2.24. The smallest absolute Gasteiger partial charge is 0.271 e. The number of hydrogen-bond acceptors (Lipinski definition) is 10. The van der Waals surface area contributed by atoms with Gasteiger partial charge in [0.15, 0.2) is 4.34 Å². The van der Waals surface area contributed by atoms with E-state index in [-0.39, 0.29) is 42.4 Å². The van der Waals surface area contributed by atoms with Gasteiger partial charge < -0.3 is 10.1 Å². The predicted molar refractivity (Wildman–Crippen MR) is 125 cm³/mol. The lowest BCUT2D eigenvalue weighted by Crippen LogP contribution is -2.32. The van der Waals surface area contributed by atoms with Gasteiger partial charge in [0.1, 0.15) is 11.4 Å². The Kier molecular flexibility index (Phi) is 9.21. The summed E-state index contributed by atoms with van der Waals surface area (Å²) in [6.45, 7) is 4.13. The number of anilines is 2. The number of nitro groups is 1. The van der Waals surface area contributed by atoms with E-state index >= 15 is 0 Å². The summed E-state index contributed by atoms with van der Waals surface area (Å²) in [4.78, 5) is 22.8. The van der Waals surface area contributed by atoms with Crippen LogP contribution < -0.4 is 14.4 Å². The molecule has 2 rings (SSSR count). The molecule has 1 amide bonds. The number of ether oxygens (including phenoxy) is 1. The van der Waals surface area contributed by atoms with Crippen LogP contribution in [0.1, 0.15) is 26.7 Å². The highest BCUT2D eigenvalue weighted by atomic mass is 32.2. The molecule has 176 valence electrons. The molecule has 0 atom stereocenters. The second-order valence-corrected chi connectivity index (χ2v) is 11.3. The molecular weight excluding hydrogens is 478 g/mol. The van der Waals surface area contributed by atoms with Gasteiger partial charge in [-0.25, -0.2) is 8.42 Å². The summed E-state index contributed by atoms with van der Waals surface area (Å²) in [7, 11) is -2.44. The number of nitrogens with zero attached hydrogens (tertiary/aromatic N) is 4. The minimum Gasteiger partial charge on any atom is -0.495 e. The van der Waals surface area contributed by atoms with E-state index < -0.39 is 14.9 Å². The quantitative estimate of drug-likeness (QED) is 0.199. The zero-order chi connectivity index (χ0) is 23.9. The summed E-state index contributed by atoms with van der Waals surface area (Å²) in [5.74, 6) is 1.24. The van der Waals surface area contributed by atoms with Crippen LogP contribution in [0.4, 0.5) is 16.5 Å². The lowest BCUT2D eigenvalue weighted by molar-refractivity contribution is -0.384. The number of hydrogen-bond donors (Lipinski definition) is 1. The van der Waals surface area contributed by atoms with Crippen LogP contribution in [0.15, 0.2) is 22.5 Å². The SMILES string of the molecule is COc1ccc([N+](=O)[O-])cc1N(CCCC(=O)Nc1nnc(SCC(C)C)s1)S(C)(=O)=O. The molecule has 32 heavy (non-hydrogen) atoms. The third-order valence-corrected chi connectivity index (χ3v) is 7.58. The van der Waals surface area contributed by atoms with Crippen LogP contribution in [0.5, 0.6) is 5.75 Å². The fourth-order valence-corrected chi connectivity index (χ4v) is 5.28. The van der Waals surface area contributed by atoms with Gasteiger partial charge in [-0.2, -0.15) is 0 Å². The van der Waals surface area contributed by atoms with Crippen molar-refractivity contribution in [2.75, 3.05) is 35.3 Å². The average molecular weight is 504 g/mol. The number of non-ortho nitro benzene ring substituents is 1. The van der Waals surface area contributed by atoms with E-state index in [0.29, 0.717) is 11.0 Å². The van der Waals surface area contributed by atoms with Gasteiger partial charge in [0.2, 0.25) is 21.1 Å². The van der Waals surface area contributed by atoms with Gasteiger partial charge in [-0.1, -0.05) is 36.9 Å². The molecule has 0 radical (unpaired) electrons. The Morgan fingerprint density at radius 3 is 2.69 bits per heavy atom. The van der Waals surface area contributed by atoms with Gasteiger partial charge in [-0.3, -0.25) is 19.2 Å². The van der Waals surface area contributed by atoms with E-state index in [1.165, 1.54) is 30.6 Å². The maximum Gasteiger partial charge on any atom is 0.271 e. The van der Waals surface area contributed by atoms with Crippen molar-refractivity contribution in [3.05, 3.63) is 28.3 Å². The van der Waals surface area contributed by atoms with Crippen molar-refractivity contribution in [1.29, 1.82) is 0 Å². The second-order valence-electron chi connectivity index (χ2n) is 7.18. The maximum absolute atomic E-state index is 12.3. The highest BCUT2D eigenvalue weighted by Crippen LogP contribution is 2.34. The molecule has 0 saturated heterocycles. The molecule has 1 heterocycles. The molecular formula is C18H25N5O6S3. The Bertz CT molecular complexity index is 1060. The molecule has 11 nitrogen and oxygen atoms in total. The fraction of sp³-hybridized carbons (Fsp3) is 0.500. The average Bonchev–Trinajstić information content (AvgIpc) is 3.15. The van der Waals surface area contributed by atoms with E-state index in [1.807, 2.05) is 0 Å². The molecule has 0 bridgehead atoms. The second kappa shape index (κ2) is 11.4. The number of thioether (sulfide) groups is 1. The van der Waals surface area contributed by atoms with Crippen LogP contribution in [-0.2, 0) is 14.8 Å². The monoisotopic (exact) mass is 503 g/mol. The largest absolute Gasteiger partial charge is 0.495 e. The number of amides is 1. The number of carbonyl (C=O) groups is 1. The number of nitrogens with one attached hydrogen (secondary N) is 1. The van der Waals surface area contributed by atoms with Crippen LogP contribution in [0, 0.1) is 16.0 Å². The van der Waals surface area contributed by atoms with Crippen molar-refractivity contribution in [2.24, 2.45) is 5.92 Å². The maximum atomic E-state index is 12.3. The van der Waals surface area contributed by atoms with Crippen molar-refractivity contribution in [1.82, 2.24) is 10.2 Å². The molecule has 2 aromatic rings. The molecule has 1 aromatic carbocycles. The van der Waals surface area contributed by atoms with Crippen LogP contribution in [0.25, 0.3) is 0 Å². The third kappa shape index (κ3) is 7.60. The topological polar surface area (TPSA) is 145 Å². The van der Waals surface area contributed by atoms with Gasteiger partial charge in [-0.05, 0) is 18.4 Å². The van der Waals surface area contributed by atoms with Crippen molar-refractivity contribution in [3.8, 4) is 5.75 Å². The predicted octanol–water partition coefficient (Wildman–Crippen LogP) is 3.39. The fourth-order valence-electron chi connectivity index (χ4n) is 2.57. The summed E-state index contributed by atoms with van der Waals surface area (Å²) < 4.78 is 31.6. The minimum absolute atomic E-state index is 0.0251. The first-order valence-corrected chi connectivity index (χ1v) is 13.2. The van der Waals surface area contributed by atoms with Crippen molar-refractivity contribution in [3.63, 3.8) is 0 Å². The van der Waals surface area contributed by atoms with Crippen LogP contribution in [0.2, 0.25) is 0 Å². The molecule has 0 aliphatic carbocycles. The third-order valence-electron chi connectivity index (χ3n) is 4.00. The van der Waals surface area contributed by atoms with E-state index in [9.17, 15) is 23.3 Å². The normalized spacial score (nSPS) is 11.4. The summed E-state index contributed by atoms with van der Waals surface area (Å²) in [6, 6.07) is 3.70. The van der Waals surface area contributed by atoms with Crippen LogP contribution >= 0.6 is 23.1 Å². The first-order chi connectivity index (χ1) is 15.0. The van der Waals surface area contributed by atoms with Crippen molar-refractivity contribution in [2.45, 2.75) is 31.0 Å². The Morgan fingerprint density at radius 1 is 1.38 bits per heavy atom. The zero-order valence-corrected chi connectivity index (χ0v) is 20.6. The molecule has 0 aliphatic heterocycles. The number of methoxy groups -OCH3 is 1. The van der Waals surface area contributed by atoms with E-state index in [4.69, 9.17) is 4.74 Å². The number of aromatic nitrogens is 2. The molecule has 1 aromatic heterocycles. The number of nitro benzene ring substituents is 1. The van der Waals surface area contributed by atoms with E-state index in [0.717, 1.165) is 26.7 Å². The first kappa shape index (κ1) is 25.8. The highest BCUT2D eigenvalue weighted by molar-refractivity contribution is 8.01. The summed E-state index contributed by atoms with van der Waals surface area (Å²) in [6.07, 6.45) is 1.19. The summed E-state index contributed by atoms with van der Waals surface area (Å²) in [5, 5.41) is 22.1. The van der Waals surface area contributed by atoms with Crippen LogP contribution in [-0.4, -0.2) is 55.1 Å². The standard InChI is InChI=1S/C18H25N5O6S3/c1-12(2)11-30-18-21-20-17(31-18)19-16(24)6-5-9-22(32(4,27)28)14-10-13(23(25)26)7-8-15(14)29-3/h7-8,10,12H,5-6,9,11H2,1-4H3,(H,19,20,24). The Labute approximate surface area is 194 Å². The van der Waals surface area contributed by atoms with Gasteiger partial charge in [-0.15, -0.1) is 10.2 Å². The molecule has 0 fully saturated rings. The van der Waals surface area contributed by atoms with Gasteiger partial charge in [0, 0.05) is 30.9 Å². The lowest BCUT2D eigenvalue weighted by atomic mass is 10.2.